The average molecular weight is 1160 g/mol. The molecule has 6 atom stereocenters. The molecule has 1 aliphatic rings. The molecule has 1 aliphatic heterocycles. The number of esters is 3. The molecule has 0 amide bonds. The van der Waals surface area contributed by atoms with Gasteiger partial charge in [0.1, 0.15) is 18.8 Å². The summed E-state index contributed by atoms with van der Waals surface area (Å²) in [5, 5.41) is 31.6. The van der Waals surface area contributed by atoms with Crippen LogP contribution in [-0.4, -0.2) is 89.2 Å². The summed E-state index contributed by atoms with van der Waals surface area (Å²) in [7, 11) is 0. The molecule has 3 N–H and O–H groups in total. The number of carbonyl (C=O) groups excluding carboxylic acids is 3. The van der Waals surface area contributed by atoms with Crippen molar-refractivity contribution in [3.63, 3.8) is 0 Å². The van der Waals surface area contributed by atoms with E-state index in [2.05, 4.69) is 99.8 Å². The fraction of sp³-hybridized carbons (Fsp3) is 0.718. The van der Waals surface area contributed by atoms with Crippen LogP contribution < -0.4 is 0 Å². The van der Waals surface area contributed by atoms with Crippen molar-refractivity contribution in [2.75, 3.05) is 13.2 Å². The van der Waals surface area contributed by atoms with Gasteiger partial charge in [-0.3, -0.25) is 14.4 Å². The topological polar surface area (TPSA) is 175 Å². The Bertz CT molecular complexity index is 1810. The Hall–Kier alpha value is -4.36. The highest BCUT2D eigenvalue weighted by Crippen LogP contribution is 2.26. The van der Waals surface area contributed by atoms with Gasteiger partial charge in [-0.2, -0.15) is 0 Å². The number of ether oxygens (including phenoxy) is 5. The van der Waals surface area contributed by atoms with Gasteiger partial charge in [0.25, 0.3) is 0 Å². The average Bonchev–Trinajstić information content (AvgIpc) is 3.60. The summed E-state index contributed by atoms with van der Waals surface area (Å²) >= 11 is 0. The first-order valence-electron chi connectivity index (χ1n) is 33.2. The monoisotopic (exact) mass is 1160 g/mol. The van der Waals surface area contributed by atoms with E-state index in [1.165, 1.54) is 135 Å². The van der Waals surface area contributed by atoms with Crippen LogP contribution in [0.5, 0.6) is 0 Å². The molecule has 83 heavy (non-hydrogen) atoms. The molecule has 0 saturated carbocycles. The summed E-state index contributed by atoms with van der Waals surface area (Å²) in [5.74, 6) is -3.29. The van der Waals surface area contributed by atoms with Crippen LogP contribution in [0, 0.1) is 0 Å². The van der Waals surface area contributed by atoms with Crippen LogP contribution in [0.3, 0.4) is 0 Å². The molecule has 0 spiro atoms. The molecular formula is C71H118O12. The van der Waals surface area contributed by atoms with Gasteiger partial charge in [-0.15, -0.1) is 0 Å². The number of aliphatic hydroxyl groups excluding tert-OH is 2. The first-order valence-corrected chi connectivity index (χ1v) is 33.2. The molecule has 474 valence electrons. The Kier molecular flexibility index (Phi) is 53.6. The molecule has 12 heteroatoms. The maximum Gasteiger partial charge on any atom is 0.335 e. The summed E-state index contributed by atoms with van der Waals surface area (Å²) in [6, 6.07) is 0. The van der Waals surface area contributed by atoms with Crippen LogP contribution >= 0.6 is 0 Å². The maximum absolute atomic E-state index is 13.1. The third-order valence-corrected chi connectivity index (χ3v) is 14.6. The third-order valence-electron chi connectivity index (χ3n) is 14.6. The Balaban J connectivity index is 2.68. The summed E-state index contributed by atoms with van der Waals surface area (Å²) in [5.41, 5.74) is 0. The second-order valence-corrected chi connectivity index (χ2v) is 22.4. The maximum atomic E-state index is 13.1. The molecule has 0 aromatic rings. The quantitative estimate of drug-likeness (QED) is 0.0228. The number of aliphatic hydroxyl groups is 2. The zero-order valence-corrected chi connectivity index (χ0v) is 52.4. The predicted molar refractivity (Wildman–Crippen MR) is 340 cm³/mol. The van der Waals surface area contributed by atoms with Crippen molar-refractivity contribution in [1.82, 2.24) is 0 Å². The zero-order valence-electron chi connectivity index (χ0n) is 52.4. The highest BCUT2D eigenvalue weighted by Gasteiger charge is 2.50. The van der Waals surface area contributed by atoms with Gasteiger partial charge in [0.2, 0.25) is 0 Å². The molecule has 12 nitrogen and oxygen atoms in total. The van der Waals surface area contributed by atoms with E-state index in [9.17, 15) is 34.5 Å². The van der Waals surface area contributed by atoms with Crippen molar-refractivity contribution in [2.45, 2.75) is 314 Å². The number of hydrogen-bond donors (Lipinski definition) is 3. The fourth-order valence-corrected chi connectivity index (χ4v) is 9.59. The zero-order chi connectivity index (χ0) is 60.3. The molecule has 1 saturated heterocycles. The van der Waals surface area contributed by atoms with E-state index >= 15 is 0 Å². The van der Waals surface area contributed by atoms with Crippen LogP contribution in [-0.2, 0) is 42.9 Å². The molecule has 0 aliphatic carbocycles. The van der Waals surface area contributed by atoms with Crippen molar-refractivity contribution < 1.29 is 58.2 Å². The normalized spacial score (nSPS) is 18.2. The summed E-state index contributed by atoms with van der Waals surface area (Å²) in [6.45, 7) is 5.79. The van der Waals surface area contributed by atoms with Crippen molar-refractivity contribution >= 4 is 23.9 Å². The molecule has 0 aromatic carbocycles. The number of rotatable bonds is 56. The number of carbonyl (C=O) groups is 4. The van der Waals surface area contributed by atoms with Crippen molar-refractivity contribution in [3.8, 4) is 0 Å². The Morgan fingerprint density at radius 3 is 1.25 bits per heavy atom. The van der Waals surface area contributed by atoms with E-state index in [4.69, 9.17) is 23.7 Å². The van der Waals surface area contributed by atoms with E-state index in [1.807, 2.05) is 12.2 Å². The second-order valence-electron chi connectivity index (χ2n) is 22.4. The predicted octanol–water partition coefficient (Wildman–Crippen LogP) is 18.0. The lowest BCUT2D eigenvalue weighted by molar-refractivity contribution is -0.301. The van der Waals surface area contributed by atoms with Gasteiger partial charge in [-0.25, -0.2) is 4.79 Å². The van der Waals surface area contributed by atoms with E-state index in [1.54, 1.807) is 6.08 Å². The minimum Gasteiger partial charge on any atom is -0.479 e. The molecule has 6 unspecified atom stereocenters. The molecule has 0 aromatic heterocycles. The van der Waals surface area contributed by atoms with Crippen LogP contribution in [0.2, 0.25) is 0 Å². The molecule has 0 radical (unpaired) electrons. The number of aliphatic carboxylic acids is 1. The number of hydrogen-bond acceptors (Lipinski definition) is 11. The summed E-state index contributed by atoms with van der Waals surface area (Å²) < 4.78 is 28.4. The summed E-state index contributed by atoms with van der Waals surface area (Å²) in [6.07, 6.45) is 65.4. The number of unbranched alkanes of at least 4 members (excludes halogenated alkanes) is 27. The lowest BCUT2D eigenvalue weighted by Crippen LogP contribution is -2.61. The molecule has 1 heterocycles. The number of carboxylic acids is 1. The van der Waals surface area contributed by atoms with Gasteiger partial charge < -0.3 is 39.0 Å². The van der Waals surface area contributed by atoms with Crippen LogP contribution in [0.15, 0.2) is 97.2 Å². The van der Waals surface area contributed by atoms with E-state index in [0.717, 1.165) is 83.5 Å². The highest BCUT2D eigenvalue weighted by molar-refractivity contribution is 5.74. The SMILES string of the molecule is CC/C=C\C/C=C\C/C=C\C/C=C\C/C=C\CC(=O)OC(COC(=O)CCCCCCCCCCC/C=C\CCCCCCCC)COC1OC(C(=O)O)C(O)C(O)C1OC(=O)CCCCCCCCCCC/C=C\C/C=C\CCCCC. The van der Waals surface area contributed by atoms with Crippen LogP contribution in [0.25, 0.3) is 0 Å². The smallest absolute Gasteiger partial charge is 0.335 e. The largest absolute Gasteiger partial charge is 0.479 e. The number of carboxylic acid groups (broad SMARTS) is 1. The van der Waals surface area contributed by atoms with Crippen molar-refractivity contribution in [1.29, 1.82) is 0 Å². The minimum atomic E-state index is -1.92. The first-order chi connectivity index (χ1) is 40.6. The van der Waals surface area contributed by atoms with Gasteiger partial charge in [0, 0.05) is 12.8 Å². The van der Waals surface area contributed by atoms with Crippen LogP contribution in [0.1, 0.15) is 278 Å². The van der Waals surface area contributed by atoms with E-state index < -0.39 is 67.3 Å². The van der Waals surface area contributed by atoms with Crippen molar-refractivity contribution in [2.24, 2.45) is 0 Å². The van der Waals surface area contributed by atoms with Gasteiger partial charge in [-0.05, 0) is 103 Å². The second kappa shape index (κ2) is 58.0. The van der Waals surface area contributed by atoms with E-state index in [0.29, 0.717) is 19.3 Å². The standard InChI is InChI=1S/C71H118O12/c1-4-7-10-13-16-19-22-25-28-30-32-34-37-39-42-45-48-51-54-57-63(72)79-60-62(81-64(73)58-55-52-49-46-43-40-36-27-24-21-18-15-12-9-6-3)61-80-71-69(67(76)66(75)68(83-71)70(77)78)82-65(74)59-56-53-50-47-44-41-38-35-33-31-29-26-23-20-17-14-11-8-5-2/h9,12,17-18,20-21,25-29,36,43,46,52,55,62,66-69,71,75-76H,4-8,10-11,13-16,19,22-24,30-35,37-42,44-45,47-51,53-54,56-61H2,1-3H3,(H,77,78)/b12-9-,20-17-,21-18-,28-25-,29-26-,36-27-,46-43-,55-52-. The Morgan fingerprint density at radius 2 is 0.795 bits per heavy atom. The fourth-order valence-electron chi connectivity index (χ4n) is 9.59. The molecular weight excluding hydrogens is 1040 g/mol. The van der Waals surface area contributed by atoms with Crippen LogP contribution in [0.4, 0.5) is 0 Å². The lowest BCUT2D eigenvalue weighted by atomic mass is 9.98. The van der Waals surface area contributed by atoms with Crippen molar-refractivity contribution in [3.05, 3.63) is 97.2 Å². The number of allylic oxidation sites excluding steroid dienone is 15. The van der Waals surface area contributed by atoms with Gasteiger partial charge in [-0.1, -0.05) is 253 Å². The third kappa shape index (κ3) is 47.6. The lowest BCUT2D eigenvalue weighted by Gasteiger charge is -2.40. The Labute approximate surface area is 504 Å². The van der Waals surface area contributed by atoms with Gasteiger partial charge in [0.15, 0.2) is 24.6 Å². The van der Waals surface area contributed by atoms with E-state index in [-0.39, 0.29) is 25.9 Å². The Morgan fingerprint density at radius 1 is 0.422 bits per heavy atom. The minimum absolute atomic E-state index is 0.0419. The molecule has 1 fully saturated rings. The summed E-state index contributed by atoms with van der Waals surface area (Å²) in [4.78, 5) is 51.3. The first kappa shape index (κ1) is 76.7. The molecule has 0 bridgehead atoms. The van der Waals surface area contributed by atoms with Gasteiger partial charge >= 0.3 is 23.9 Å². The van der Waals surface area contributed by atoms with Gasteiger partial charge in [0.05, 0.1) is 13.0 Å². The molecule has 1 rings (SSSR count). The highest BCUT2D eigenvalue weighted by atomic mass is 16.7.